The van der Waals surface area contributed by atoms with E-state index in [0.717, 1.165) is 43.4 Å². The second kappa shape index (κ2) is 12.7. The van der Waals surface area contributed by atoms with Gasteiger partial charge in [-0.15, -0.1) is 0 Å². The number of amides is 1. The Hall–Kier alpha value is -2.57. The van der Waals surface area contributed by atoms with Crippen molar-refractivity contribution in [1.82, 2.24) is 9.80 Å². The smallest absolute Gasteiger partial charge is 0.238 e. The van der Waals surface area contributed by atoms with Crippen LogP contribution in [0.5, 0.6) is 5.75 Å². The third kappa shape index (κ3) is 6.59. The van der Waals surface area contributed by atoms with E-state index in [0.29, 0.717) is 28.2 Å². The number of hydrogen-bond acceptors (Lipinski definition) is 4. The third-order valence-corrected chi connectivity index (χ3v) is 9.72. The maximum atomic E-state index is 13.3. The molecule has 1 saturated heterocycles. The van der Waals surface area contributed by atoms with E-state index in [-0.39, 0.29) is 11.9 Å². The number of nitrogens with zero attached hydrogens (tertiary/aromatic N) is 2. The van der Waals surface area contributed by atoms with Gasteiger partial charge in [-0.2, -0.15) is 0 Å². The van der Waals surface area contributed by atoms with Crippen molar-refractivity contribution in [2.24, 2.45) is 5.92 Å². The first-order valence-electron chi connectivity index (χ1n) is 15.0. The van der Waals surface area contributed by atoms with E-state index in [1.54, 1.807) is 25.3 Å². The van der Waals surface area contributed by atoms with Crippen molar-refractivity contribution in [3.8, 4) is 16.9 Å². The molecule has 0 spiro atoms. The summed E-state index contributed by atoms with van der Waals surface area (Å²) < 4.78 is 5.47. The first kappa shape index (κ1) is 28.5. The molecule has 41 heavy (non-hydrogen) atoms. The highest BCUT2D eigenvalue weighted by molar-refractivity contribution is 6.35. The zero-order valence-corrected chi connectivity index (χ0v) is 25.3. The summed E-state index contributed by atoms with van der Waals surface area (Å²) in [5.41, 5.74) is 5.78. The van der Waals surface area contributed by atoms with Crippen LogP contribution < -0.4 is 10.1 Å². The van der Waals surface area contributed by atoms with Crippen LogP contribution in [0.4, 0.5) is 5.69 Å². The number of ether oxygens (including phenoxy) is 1. The fourth-order valence-corrected chi connectivity index (χ4v) is 7.83. The van der Waals surface area contributed by atoms with Crippen molar-refractivity contribution in [2.75, 3.05) is 38.6 Å². The summed E-state index contributed by atoms with van der Waals surface area (Å²) in [6.07, 6.45) is 8.70. The van der Waals surface area contributed by atoms with Gasteiger partial charge in [0.2, 0.25) is 5.91 Å². The minimum absolute atomic E-state index is 0.0341. The van der Waals surface area contributed by atoms with E-state index >= 15 is 0 Å². The van der Waals surface area contributed by atoms with Crippen LogP contribution in [0.15, 0.2) is 60.7 Å². The lowest BCUT2D eigenvalue weighted by Crippen LogP contribution is -2.47. The van der Waals surface area contributed by atoms with Gasteiger partial charge in [0.05, 0.1) is 13.7 Å². The Bertz CT molecular complexity index is 1360. The highest BCUT2D eigenvalue weighted by Gasteiger charge is 2.37. The molecule has 1 atom stereocenters. The summed E-state index contributed by atoms with van der Waals surface area (Å²) in [5, 5.41) is 4.06. The Morgan fingerprint density at radius 2 is 1.63 bits per heavy atom. The average Bonchev–Trinajstić information content (AvgIpc) is 3.52. The molecule has 3 aromatic rings. The summed E-state index contributed by atoms with van der Waals surface area (Å²) in [7, 11) is 1.71. The molecule has 0 aromatic heterocycles. The van der Waals surface area contributed by atoms with Gasteiger partial charge in [-0.05, 0) is 104 Å². The molecule has 1 amide bonds. The molecule has 2 fully saturated rings. The number of rotatable bonds is 7. The van der Waals surface area contributed by atoms with Crippen LogP contribution in [0.3, 0.4) is 0 Å². The molecule has 3 aromatic carbocycles. The fraction of sp³-hybridized carbons (Fsp3) is 0.441. The predicted molar refractivity (Wildman–Crippen MR) is 168 cm³/mol. The van der Waals surface area contributed by atoms with Gasteiger partial charge in [0.1, 0.15) is 5.75 Å². The standard InChI is InChI=1S/C34H39Cl2N3O2/c1-41-31-8-4-5-24(18-31)25-9-10-32-26(17-25)13-16-39(22-33(40)37-29-20-27(35)19-28(36)21-29)34(32)23-11-14-38(15-12-23)30-6-2-3-7-30/h4-5,8-10,17-21,23,30,34H,2-3,6-7,11-16,22H2,1H3,(H,37,40). The quantitative estimate of drug-likeness (QED) is 0.304. The highest BCUT2D eigenvalue weighted by atomic mass is 35.5. The van der Waals surface area contributed by atoms with E-state index in [4.69, 9.17) is 27.9 Å². The van der Waals surface area contributed by atoms with Crippen molar-refractivity contribution in [3.63, 3.8) is 0 Å². The molecule has 7 heteroatoms. The number of piperidine rings is 1. The molecule has 5 nitrogen and oxygen atoms in total. The monoisotopic (exact) mass is 591 g/mol. The molecule has 216 valence electrons. The minimum Gasteiger partial charge on any atom is -0.497 e. The fourth-order valence-electron chi connectivity index (χ4n) is 7.30. The molecule has 0 bridgehead atoms. The lowest BCUT2D eigenvalue weighted by atomic mass is 9.79. The van der Waals surface area contributed by atoms with E-state index in [9.17, 15) is 4.79 Å². The summed E-state index contributed by atoms with van der Waals surface area (Å²) in [4.78, 5) is 18.5. The Labute approximate surface area is 253 Å². The van der Waals surface area contributed by atoms with Crippen LogP contribution in [-0.4, -0.2) is 55.0 Å². The Morgan fingerprint density at radius 3 is 2.37 bits per heavy atom. The lowest BCUT2D eigenvalue weighted by molar-refractivity contribution is -0.118. The summed E-state index contributed by atoms with van der Waals surface area (Å²) in [6, 6.07) is 21.3. The maximum absolute atomic E-state index is 13.3. The van der Waals surface area contributed by atoms with Gasteiger partial charge in [0.25, 0.3) is 0 Å². The second-order valence-corrected chi connectivity index (χ2v) is 12.7. The maximum Gasteiger partial charge on any atom is 0.238 e. The zero-order chi connectivity index (χ0) is 28.3. The van der Waals surface area contributed by atoms with Gasteiger partial charge < -0.3 is 15.0 Å². The van der Waals surface area contributed by atoms with Gasteiger partial charge in [0, 0.05) is 34.4 Å². The van der Waals surface area contributed by atoms with Crippen molar-refractivity contribution in [3.05, 3.63) is 81.8 Å². The molecular weight excluding hydrogens is 553 g/mol. The zero-order valence-electron chi connectivity index (χ0n) is 23.8. The molecule has 1 N–H and O–H groups in total. The Balaban J connectivity index is 1.24. The average molecular weight is 593 g/mol. The predicted octanol–water partition coefficient (Wildman–Crippen LogP) is 7.86. The van der Waals surface area contributed by atoms with Gasteiger partial charge >= 0.3 is 0 Å². The SMILES string of the molecule is COc1cccc(-c2ccc3c(c2)CCN(CC(=O)Nc2cc(Cl)cc(Cl)c2)C3C2CCN(C3CCCC3)CC2)c1. The van der Waals surface area contributed by atoms with Crippen LogP contribution in [0, 0.1) is 5.92 Å². The molecule has 6 rings (SSSR count). The van der Waals surface area contributed by atoms with Crippen molar-refractivity contribution in [1.29, 1.82) is 0 Å². The van der Waals surface area contributed by atoms with Gasteiger partial charge in [-0.1, -0.05) is 66.4 Å². The normalized spacial score (nSPS) is 20.6. The molecule has 2 heterocycles. The third-order valence-electron chi connectivity index (χ3n) is 9.28. The number of carbonyl (C=O) groups excluding carboxylic acids is 1. The van der Waals surface area contributed by atoms with E-state index in [1.165, 1.54) is 55.2 Å². The van der Waals surface area contributed by atoms with Gasteiger partial charge in [0.15, 0.2) is 0 Å². The van der Waals surface area contributed by atoms with Crippen LogP contribution >= 0.6 is 23.2 Å². The lowest BCUT2D eigenvalue weighted by Gasteiger charge is -2.45. The Kier molecular flexibility index (Phi) is 8.87. The molecule has 3 aliphatic rings. The number of nitrogens with one attached hydrogen (secondary N) is 1. The van der Waals surface area contributed by atoms with Crippen molar-refractivity contribution in [2.45, 2.75) is 57.0 Å². The summed E-state index contributed by atoms with van der Waals surface area (Å²) in [5.74, 6) is 1.35. The van der Waals surface area contributed by atoms with Crippen LogP contribution in [0.2, 0.25) is 10.0 Å². The topological polar surface area (TPSA) is 44.8 Å². The molecule has 1 unspecified atom stereocenters. The Morgan fingerprint density at radius 1 is 0.902 bits per heavy atom. The van der Waals surface area contributed by atoms with Crippen LogP contribution in [0.1, 0.15) is 55.7 Å². The number of halogens is 2. The minimum atomic E-state index is -0.0341. The number of fused-ring (bicyclic) bond motifs is 1. The number of carbonyl (C=O) groups is 1. The summed E-state index contributed by atoms with van der Waals surface area (Å²) in [6.45, 7) is 3.51. The first-order chi connectivity index (χ1) is 20.0. The largest absolute Gasteiger partial charge is 0.497 e. The number of hydrogen-bond donors (Lipinski definition) is 1. The second-order valence-electron chi connectivity index (χ2n) is 11.8. The van der Waals surface area contributed by atoms with Crippen molar-refractivity contribution < 1.29 is 9.53 Å². The van der Waals surface area contributed by atoms with E-state index < -0.39 is 0 Å². The first-order valence-corrected chi connectivity index (χ1v) is 15.7. The van der Waals surface area contributed by atoms with Crippen molar-refractivity contribution >= 4 is 34.8 Å². The number of likely N-dealkylation sites (tertiary alicyclic amines) is 1. The number of anilines is 1. The molecular formula is C34H39Cl2N3O2. The van der Waals surface area contributed by atoms with E-state index in [1.807, 2.05) is 12.1 Å². The van der Waals surface area contributed by atoms with E-state index in [2.05, 4.69) is 45.4 Å². The number of methoxy groups -OCH3 is 1. The van der Waals surface area contributed by atoms with Crippen LogP contribution in [-0.2, 0) is 11.2 Å². The number of benzene rings is 3. The summed E-state index contributed by atoms with van der Waals surface area (Å²) >= 11 is 12.4. The molecule has 2 aliphatic heterocycles. The van der Waals surface area contributed by atoms with Gasteiger partial charge in [-0.25, -0.2) is 0 Å². The highest BCUT2D eigenvalue weighted by Crippen LogP contribution is 2.42. The molecule has 0 radical (unpaired) electrons. The van der Waals surface area contributed by atoms with Crippen LogP contribution in [0.25, 0.3) is 11.1 Å². The molecule has 1 saturated carbocycles. The molecule has 1 aliphatic carbocycles. The van der Waals surface area contributed by atoms with Gasteiger partial charge in [-0.3, -0.25) is 9.69 Å².